The molecule has 4 saturated carbocycles. The number of rotatable bonds is 5. The SMILES string of the molecule is CC(C)CCC[C@@H](C)[C@@H]1CC[C@@H]2[C@@H]3CC(=O)[C@H]4CC(=O)CC[C@]4(C)[C@H]3CC[C@]21C. The van der Waals surface area contributed by atoms with E-state index < -0.39 is 0 Å². The van der Waals surface area contributed by atoms with Gasteiger partial charge in [-0.1, -0.05) is 53.9 Å². The van der Waals surface area contributed by atoms with E-state index in [9.17, 15) is 9.59 Å². The van der Waals surface area contributed by atoms with Gasteiger partial charge in [0.2, 0.25) is 0 Å². The topological polar surface area (TPSA) is 34.1 Å². The molecule has 4 rings (SSSR count). The zero-order valence-corrected chi connectivity index (χ0v) is 19.6. The van der Waals surface area contributed by atoms with Gasteiger partial charge >= 0.3 is 0 Å². The molecule has 4 fully saturated rings. The van der Waals surface area contributed by atoms with Crippen LogP contribution < -0.4 is 0 Å². The Balaban J connectivity index is 1.51. The molecule has 0 spiro atoms. The van der Waals surface area contributed by atoms with Gasteiger partial charge in [0, 0.05) is 25.2 Å². The summed E-state index contributed by atoms with van der Waals surface area (Å²) in [4.78, 5) is 25.3. The van der Waals surface area contributed by atoms with E-state index in [2.05, 4.69) is 34.6 Å². The van der Waals surface area contributed by atoms with Crippen molar-refractivity contribution in [2.45, 2.75) is 105 Å². The van der Waals surface area contributed by atoms with Gasteiger partial charge in [-0.2, -0.15) is 0 Å². The van der Waals surface area contributed by atoms with Gasteiger partial charge in [-0.15, -0.1) is 0 Å². The van der Waals surface area contributed by atoms with Crippen molar-refractivity contribution in [3.63, 3.8) is 0 Å². The maximum atomic E-state index is 13.2. The molecule has 0 bridgehead atoms. The Morgan fingerprint density at radius 1 is 0.897 bits per heavy atom. The third-order valence-electron chi connectivity index (χ3n) is 10.5. The van der Waals surface area contributed by atoms with Crippen molar-refractivity contribution in [2.24, 2.45) is 52.3 Å². The zero-order valence-electron chi connectivity index (χ0n) is 19.6. The molecule has 29 heavy (non-hydrogen) atoms. The van der Waals surface area contributed by atoms with Crippen LogP contribution in [0.4, 0.5) is 0 Å². The van der Waals surface area contributed by atoms with Gasteiger partial charge in [0.15, 0.2) is 0 Å². The fourth-order valence-corrected chi connectivity index (χ4v) is 8.86. The van der Waals surface area contributed by atoms with E-state index in [1.807, 2.05) is 0 Å². The van der Waals surface area contributed by atoms with Crippen molar-refractivity contribution in [1.29, 1.82) is 0 Å². The number of Topliss-reactive ketones (excluding diaryl/α,β-unsaturated/α-hetero) is 2. The van der Waals surface area contributed by atoms with E-state index in [1.54, 1.807) is 0 Å². The molecule has 2 nitrogen and oxygen atoms in total. The summed E-state index contributed by atoms with van der Waals surface area (Å²) in [7, 11) is 0. The van der Waals surface area contributed by atoms with Crippen molar-refractivity contribution in [3.05, 3.63) is 0 Å². The van der Waals surface area contributed by atoms with E-state index in [-0.39, 0.29) is 11.3 Å². The molecular formula is C27H44O2. The van der Waals surface area contributed by atoms with Gasteiger partial charge in [-0.25, -0.2) is 0 Å². The van der Waals surface area contributed by atoms with Crippen molar-refractivity contribution in [1.82, 2.24) is 0 Å². The maximum Gasteiger partial charge on any atom is 0.137 e. The van der Waals surface area contributed by atoms with E-state index in [4.69, 9.17) is 0 Å². The molecule has 0 unspecified atom stereocenters. The lowest BCUT2D eigenvalue weighted by Crippen LogP contribution is -2.56. The van der Waals surface area contributed by atoms with E-state index in [0.717, 1.165) is 36.5 Å². The molecule has 4 aliphatic rings. The number of carbonyl (C=O) groups excluding carboxylic acids is 2. The van der Waals surface area contributed by atoms with E-state index in [0.29, 0.717) is 41.7 Å². The van der Waals surface area contributed by atoms with Crippen molar-refractivity contribution >= 4 is 11.6 Å². The Kier molecular flexibility index (Phi) is 5.79. The summed E-state index contributed by atoms with van der Waals surface area (Å²) in [6.45, 7) is 12.2. The average molecular weight is 401 g/mol. The van der Waals surface area contributed by atoms with Gasteiger partial charge in [0.1, 0.15) is 11.6 Å². The monoisotopic (exact) mass is 400 g/mol. The Morgan fingerprint density at radius 3 is 2.34 bits per heavy atom. The molecule has 0 aliphatic heterocycles. The highest BCUT2D eigenvalue weighted by Crippen LogP contribution is 2.67. The first-order valence-electron chi connectivity index (χ1n) is 12.7. The van der Waals surface area contributed by atoms with E-state index >= 15 is 0 Å². The lowest BCUT2D eigenvalue weighted by Gasteiger charge is -2.59. The van der Waals surface area contributed by atoms with Crippen molar-refractivity contribution in [3.8, 4) is 0 Å². The third kappa shape index (κ3) is 3.55. The fourth-order valence-electron chi connectivity index (χ4n) is 8.86. The van der Waals surface area contributed by atoms with Crippen LogP contribution in [0.25, 0.3) is 0 Å². The van der Waals surface area contributed by atoms with Crippen LogP contribution in [0, 0.1) is 52.3 Å². The number of ketones is 2. The first kappa shape index (κ1) is 21.6. The molecule has 0 aromatic heterocycles. The van der Waals surface area contributed by atoms with Crippen LogP contribution in [-0.2, 0) is 9.59 Å². The summed E-state index contributed by atoms with van der Waals surface area (Å²) in [5, 5.41) is 0. The van der Waals surface area contributed by atoms with Crippen LogP contribution in [0.1, 0.15) is 105 Å². The Hall–Kier alpha value is -0.660. The standard InChI is InChI=1S/C27H44O2/c1-17(2)7-6-8-18(3)21-9-10-22-20-16-25(29)24-15-19(28)11-13-27(24,5)23(20)12-14-26(21,22)4/h17-18,20-24H,6-16H2,1-5H3/t18-,20+,21+,22-,23+,24-,26+,27-/m1/s1. The normalized spacial score (nSPS) is 45.7. The van der Waals surface area contributed by atoms with Gasteiger partial charge < -0.3 is 0 Å². The molecule has 2 heteroatoms. The van der Waals surface area contributed by atoms with E-state index in [1.165, 1.54) is 44.9 Å². The Morgan fingerprint density at radius 2 is 1.62 bits per heavy atom. The summed E-state index contributed by atoms with van der Waals surface area (Å²) >= 11 is 0. The van der Waals surface area contributed by atoms with Gasteiger partial charge in [0.05, 0.1) is 0 Å². The quantitative estimate of drug-likeness (QED) is 0.505. The maximum absolute atomic E-state index is 13.2. The van der Waals surface area contributed by atoms with Gasteiger partial charge in [0.25, 0.3) is 0 Å². The van der Waals surface area contributed by atoms with Gasteiger partial charge in [-0.3, -0.25) is 9.59 Å². The predicted octanol–water partition coefficient (Wildman–Crippen LogP) is 6.86. The molecule has 0 amide bonds. The number of hydrogen-bond acceptors (Lipinski definition) is 2. The largest absolute Gasteiger partial charge is 0.300 e. The predicted molar refractivity (Wildman–Crippen MR) is 118 cm³/mol. The molecule has 0 heterocycles. The van der Waals surface area contributed by atoms with Crippen LogP contribution in [-0.4, -0.2) is 11.6 Å². The molecule has 0 N–H and O–H groups in total. The second-order valence-electron chi connectivity index (χ2n) is 12.4. The molecule has 0 aromatic rings. The third-order valence-corrected chi connectivity index (χ3v) is 10.5. The smallest absolute Gasteiger partial charge is 0.137 e. The Labute approximate surface area is 179 Å². The summed E-state index contributed by atoms with van der Waals surface area (Å²) < 4.78 is 0. The molecule has 0 aromatic carbocycles. The highest BCUT2D eigenvalue weighted by Gasteiger charge is 2.62. The van der Waals surface area contributed by atoms with Crippen LogP contribution in [0.5, 0.6) is 0 Å². The molecule has 0 radical (unpaired) electrons. The lowest BCUT2D eigenvalue weighted by molar-refractivity contribution is -0.159. The molecule has 0 saturated heterocycles. The first-order valence-corrected chi connectivity index (χ1v) is 12.7. The van der Waals surface area contributed by atoms with Crippen molar-refractivity contribution < 1.29 is 9.59 Å². The second kappa shape index (κ2) is 7.79. The molecular weight excluding hydrogens is 356 g/mol. The van der Waals surface area contributed by atoms with Gasteiger partial charge in [-0.05, 0) is 78.4 Å². The highest BCUT2D eigenvalue weighted by atomic mass is 16.1. The first-order chi connectivity index (χ1) is 13.7. The number of carbonyl (C=O) groups is 2. The number of fused-ring (bicyclic) bond motifs is 5. The summed E-state index contributed by atoms with van der Waals surface area (Å²) in [5.41, 5.74) is 0.530. The second-order valence-corrected chi connectivity index (χ2v) is 12.4. The van der Waals surface area contributed by atoms with Crippen LogP contribution in [0.15, 0.2) is 0 Å². The molecule has 4 aliphatic carbocycles. The minimum atomic E-state index is 0.0292. The summed E-state index contributed by atoms with van der Waals surface area (Å²) in [5.74, 6) is 5.25. The van der Waals surface area contributed by atoms with Crippen LogP contribution in [0.2, 0.25) is 0 Å². The summed E-state index contributed by atoms with van der Waals surface area (Å²) in [6.07, 6.45) is 12.4. The lowest BCUT2D eigenvalue weighted by atomic mass is 9.44. The van der Waals surface area contributed by atoms with Crippen LogP contribution in [0.3, 0.4) is 0 Å². The summed E-state index contributed by atoms with van der Waals surface area (Å²) in [6, 6.07) is 0. The van der Waals surface area contributed by atoms with Crippen LogP contribution >= 0.6 is 0 Å². The fraction of sp³-hybridized carbons (Fsp3) is 0.926. The zero-order chi connectivity index (χ0) is 21.0. The Bertz CT molecular complexity index is 651. The average Bonchev–Trinajstić information content (AvgIpc) is 3.00. The number of hydrogen-bond donors (Lipinski definition) is 0. The van der Waals surface area contributed by atoms with Crippen molar-refractivity contribution in [2.75, 3.05) is 0 Å². The minimum absolute atomic E-state index is 0.0292. The highest BCUT2D eigenvalue weighted by molar-refractivity contribution is 5.90. The molecule has 164 valence electrons. The minimum Gasteiger partial charge on any atom is -0.300 e. The molecule has 8 atom stereocenters.